The summed E-state index contributed by atoms with van der Waals surface area (Å²) in [5.41, 5.74) is 5.90. The molecule has 0 radical (unpaired) electrons. The Kier molecular flexibility index (Phi) is 3.77. The molecule has 3 aliphatic rings. The second kappa shape index (κ2) is 5.64. The molecule has 0 bridgehead atoms. The highest BCUT2D eigenvalue weighted by molar-refractivity contribution is 9.10. The predicted octanol–water partition coefficient (Wildman–Crippen LogP) is 4.81. The Hall–Kier alpha value is -0.870. The van der Waals surface area contributed by atoms with Crippen molar-refractivity contribution in [1.29, 1.82) is 0 Å². The zero-order valence-corrected chi connectivity index (χ0v) is 15.0. The van der Waals surface area contributed by atoms with E-state index in [1.807, 2.05) is 11.8 Å². The number of allylic oxidation sites excluding steroid dienone is 2. The normalized spacial score (nSPS) is 27.5. The molecule has 1 aromatic carbocycles. The number of carbonyl (C=O) groups excluding carboxylic acids is 1. The van der Waals surface area contributed by atoms with Gasteiger partial charge >= 0.3 is 0 Å². The lowest BCUT2D eigenvalue weighted by Crippen LogP contribution is -2.32. The number of aryl methyl sites for hydroxylation is 1. The van der Waals surface area contributed by atoms with Crippen LogP contribution in [0.25, 0.3) is 0 Å². The van der Waals surface area contributed by atoms with Crippen molar-refractivity contribution < 1.29 is 4.79 Å². The maximum Gasteiger partial charge on any atom is 0.161 e. The van der Waals surface area contributed by atoms with Crippen LogP contribution in [0.1, 0.15) is 42.7 Å². The minimum absolute atomic E-state index is 0.203. The molecule has 1 fully saturated rings. The smallest absolute Gasteiger partial charge is 0.161 e. The maximum atomic E-state index is 12.6. The quantitative estimate of drug-likeness (QED) is 0.704. The van der Waals surface area contributed by atoms with Gasteiger partial charge in [0.25, 0.3) is 0 Å². The summed E-state index contributed by atoms with van der Waals surface area (Å²) < 4.78 is 1.13. The standard InChI is InChI=1S/C18H18BrNOS/c1-10-9-11(5-6-12(10)19)16-17-13(3-2-4-15(17)21)20-14-7-8-22-18(14)16/h5-6,9,16,18H,2-4,7-8H2,1H3. The van der Waals surface area contributed by atoms with Crippen LogP contribution in [-0.4, -0.2) is 22.5 Å². The van der Waals surface area contributed by atoms with Crippen LogP contribution in [0.3, 0.4) is 0 Å². The first-order valence-corrected chi connectivity index (χ1v) is 9.70. The molecule has 1 saturated heterocycles. The molecule has 0 saturated carbocycles. The van der Waals surface area contributed by atoms with Crippen LogP contribution in [0.4, 0.5) is 0 Å². The van der Waals surface area contributed by atoms with E-state index in [4.69, 9.17) is 4.99 Å². The maximum absolute atomic E-state index is 12.6. The highest BCUT2D eigenvalue weighted by atomic mass is 79.9. The summed E-state index contributed by atoms with van der Waals surface area (Å²) in [7, 11) is 0. The first-order valence-electron chi connectivity index (χ1n) is 7.86. The number of fused-ring (bicyclic) bond motifs is 1. The molecule has 22 heavy (non-hydrogen) atoms. The molecular formula is C18H18BrNOS. The van der Waals surface area contributed by atoms with Gasteiger partial charge in [-0.3, -0.25) is 9.79 Å². The van der Waals surface area contributed by atoms with Gasteiger partial charge in [0, 0.05) is 33.8 Å². The van der Waals surface area contributed by atoms with Crippen LogP contribution < -0.4 is 0 Å². The van der Waals surface area contributed by atoms with Gasteiger partial charge in [0.15, 0.2) is 5.78 Å². The molecule has 0 spiro atoms. The molecule has 2 aliphatic heterocycles. The van der Waals surface area contributed by atoms with E-state index in [1.165, 1.54) is 16.8 Å². The minimum Gasteiger partial charge on any atom is -0.294 e. The summed E-state index contributed by atoms with van der Waals surface area (Å²) in [4.78, 5) is 17.5. The molecule has 4 rings (SSSR count). The Morgan fingerprint density at radius 2 is 2.14 bits per heavy atom. The number of halogens is 1. The number of benzene rings is 1. The van der Waals surface area contributed by atoms with Crippen molar-refractivity contribution in [3.05, 3.63) is 45.1 Å². The van der Waals surface area contributed by atoms with Gasteiger partial charge in [-0.05, 0) is 49.1 Å². The summed E-state index contributed by atoms with van der Waals surface area (Å²) in [6.07, 6.45) is 3.69. The van der Waals surface area contributed by atoms with Crippen LogP contribution in [0.5, 0.6) is 0 Å². The van der Waals surface area contributed by atoms with Crippen molar-refractivity contribution in [3.63, 3.8) is 0 Å². The lowest BCUT2D eigenvalue weighted by Gasteiger charge is -2.33. The van der Waals surface area contributed by atoms with Crippen LogP contribution in [0.2, 0.25) is 0 Å². The first kappa shape index (κ1) is 14.7. The van der Waals surface area contributed by atoms with Crippen LogP contribution >= 0.6 is 27.7 Å². The third-order valence-corrected chi connectivity index (χ3v) is 7.08. The van der Waals surface area contributed by atoms with Crippen molar-refractivity contribution in [2.24, 2.45) is 4.99 Å². The molecule has 114 valence electrons. The Bertz CT molecular complexity index is 722. The summed E-state index contributed by atoms with van der Waals surface area (Å²) in [6, 6.07) is 6.53. The second-order valence-electron chi connectivity index (χ2n) is 6.27. The zero-order valence-electron chi connectivity index (χ0n) is 12.6. The first-order chi connectivity index (χ1) is 10.6. The van der Waals surface area contributed by atoms with E-state index < -0.39 is 0 Å². The highest BCUT2D eigenvalue weighted by Gasteiger charge is 2.42. The van der Waals surface area contributed by atoms with Crippen molar-refractivity contribution in [3.8, 4) is 0 Å². The second-order valence-corrected chi connectivity index (χ2v) is 8.37. The number of ketones is 1. The number of hydrogen-bond donors (Lipinski definition) is 0. The lowest BCUT2D eigenvalue weighted by atomic mass is 9.77. The number of thioether (sulfide) groups is 1. The number of aliphatic imine (C=N–C) groups is 1. The van der Waals surface area contributed by atoms with Gasteiger partial charge in [-0.2, -0.15) is 11.8 Å². The van der Waals surface area contributed by atoms with Gasteiger partial charge in [-0.25, -0.2) is 0 Å². The van der Waals surface area contributed by atoms with E-state index in [1.54, 1.807) is 0 Å². The van der Waals surface area contributed by atoms with Crippen LogP contribution in [0, 0.1) is 6.92 Å². The molecule has 4 heteroatoms. The zero-order chi connectivity index (χ0) is 15.3. The fraction of sp³-hybridized carbons (Fsp3) is 0.444. The Balaban J connectivity index is 1.87. The largest absolute Gasteiger partial charge is 0.294 e. The Morgan fingerprint density at radius 1 is 1.27 bits per heavy atom. The van der Waals surface area contributed by atoms with Crippen molar-refractivity contribution >= 4 is 39.2 Å². The van der Waals surface area contributed by atoms with Gasteiger partial charge in [-0.15, -0.1) is 0 Å². The minimum atomic E-state index is 0.203. The van der Waals surface area contributed by atoms with Gasteiger partial charge in [0.05, 0.1) is 5.25 Å². The SMILES string of the molecule is Cc1cc(C2C3=C(CCCC3=O)N=C3CCSC32)ccc1Br. The number of carbonyl (C=O) groups is 1. The van der Waals surface area contributed by atoms with E-state index in [0.717, 1.165) is 40.8 Å². The number of rotatable bonds is 1. The summed E-state index contributed by atoms with van der Waals surface area (Å²) in [6.45, 7) is 2.12. The monoisotopic (exact) mass is 375 g/mol. The van der Waals surface area contributed by atoms with Gasteiger partial charge in [-0.1, -0.05) is 28.1 Å². The molecule has 2 nitrogen and oxygen atoms in total. The molecule has 0 amide bonds. The number of Topliss-reactive ketones (excluding diaryl/α,β-unsaturated/α-hetero) is 1. The molecule has 2 atom stereocenters. The molecule has 1 aromatic rings. The molecule has 0 aromatic heterocycles. The van der Waals surface area contributed by atoms with Crippen molar-refractivity contribution in [1.82, 2.24) is 0 Å². The fourth-order valence-electron chi connectivity index (χ4n) is 3.78. The van der Waals surface area contributed by atoms with Gasteiger partial charge in [0.2, 0.25) is 0 Å². The van der Waals surface area contributed by atoms with Gasteiger partial charge < -0.3 is 0 Å². The molecular weight excluding hydrogens is 358 g/mol. The average Bonchev–Trinajstić information content (AvgIpc) is 2.96. The molecule has 1 aliphatic carbocycles. The molecule has 0 N–H and O–H groups in total. The summed E-state index contributed by atoms with van der Waals surface area (Å²) in [5, 5.41) is 0.362. The van der Waals surface area contributed by atoms with E-state index >= 15 is 0 Å². The highest BCUT2D eigenvalue weighted by Crippen LogP contribution is 2.47. The predicted molar refractivity (Wildman–Crippen MR) is 95.8 cm³/mol. The van der Waals surface area contributed by atoms with Gasteiger partial charge in [0.1, 0.15) is 0 Å². The number of hydrogen-bond acceptors (Lipinski definition) is 3. The van der Waals surface area contributed by atoms with E-state index in [9.17, 15) is 4.79 Å². The van der Waals surface area contributed by atoms with E-state index in [0.29, 0.717) is 17.5 Å². The van der Waals surface area contributed by atoms with E-state index in [-0.39, 0.29) is 5.92 Å². The third kappa shape index (κ3) is 2.31. The van der Waals surface area contributed by atoms with Crippen molar-refractivity contribution in [2.75, 3.05) is 5.75 Å². The topological polar surface area (TPSA) is 29.4 Å². The average molecular weight is 376 g/mol. The fourth-order valence-corrected chi connectivity index (χ4v) is 5.46. The molecule has 2 heterocycles. The number of nitrogens with zero attached hydrogens (tertiary/aromatic N) is 1. The van der Waals surface area contributed by atoms with E-state index in [2.05, 4.69) is 41.1 Å². The Labute approximate surface area is 143 Å². The lowest BCUT2D eigenvalue weighted by molar-refractivity contribution is -0.116. The van der Waals surface area contributed by atoms with Crippen LogP contribution in [-0.2, 0) is 4.79 Å². The third-order valence-electron chi connectivity index (χ3n) is 4.85. The van der Waals surface area contributed by atoms with Crippen LogP contribution in [0.15, 0.2) is 38.9 Å². The Morgan fingerprint density at radius 3 is 2.95 bits per heavy atom. The summed E-state index contributed by atoms with van der Waals surface area (Å²) in [5.74, 6) is 1.65. The summed E-state index contributed by atoms with van der Waals surface area (Å²) >= 11 is 5.55. The van der Waals surface area contributed by atoms with Crippen molar-refractivity contribution in [2.45, 2.75) is 43.8 Å². The molecule has 2 unspecified atom stereocenters.